The van der Waals surface area contributed by atoms with Gasteiger partial charge in [0, 0.05) is 18.0 Å². The molecule has 0 saturated heterocycles. The van der Waals surface area contributed by atoms with Gasteiger partial charge in [0.15, 0.2) is 5.43 Å². The number of hydrogen-bond donors (Lipinski definition) is 1. The molecule has 0 bridgehead atoms. The number of rotatable bonds is 0. The van der Waals surface area contributed by atoms with Gasteiger partial charge in [0.2, 0.25) is 0 Å². The van der Waals surface area contributed by atoms with E-state index in [1.165, 1.54) is 6.07 Å². The van der Waals surface area contributed by atoms with Crippen molar-refractivity contribution < 1.29 is 0 Å². The number of hydrogen-bond acceptors (Lipinski definition) is 2. The quantitative estimate of drug-likeness (QED) is 0.658. The number of fused-ring (bicyclic) bond motifs is 1. The van der Waals surface area contributed by atoms with Crippen molar-refractivity contribution in [2.75, 3.05) is 0 Å². The third-order valence-corrected chi connectivity index (χ3v) is 2.05. The zero-order chi connectivity index (χ0) is 9.42. The summed E-state index contributed by atoms with van der Waals surface area (Å²) < 4.78 is 0. The highest BCUT2D eigenvalue weighted by molar-refractivity contribution is 5.78. The summed E-state index contributed by atoms with van der Waals surface area (Å²) >= 11 is 0. The molecule has 2 heterocycles. The SMILES string of the molecule is Cc1cc(C)c2c(=O)cc[nH]c2n1. The highest BCUT2D eigenvalue weighted by Crippen LogP contribution is 2.10. The van der Waals surface area contributed by atoms with E-state index in [0.717, 1.165) is 11.3 Å². The van der Waals surface area contributed by atoms with Gasteiger partial charge in [-0.3, -0.25) is 4.79 Å². The Bertz CT molecular complexity index is 514. The van der Waals surface area contributed by atoms with Gasteiger partial charge in [0.25, 0.3) is 0 Å². The number of nitrogens with zero attached hydrogens (tertiary/aromatic N) is 1. The zero-order valence-corrected chi connectivity index (χ0v) is 7.59. The molecule has 1 N–H and O–H groups in total. The van der Waals surface area contributed by atoms with Crippen LogP contribution in [0.15, 0.2) is 23.1 Å². The van der Waals surface area contributed by atoms with Crippen molar-refractivity contribution >= 4 is 11.0 Å². The van der Waals surface area contributed by atoms with Crippen LogP contribution in [-0.4, -0.2) is 9.97 Å². The first kappa shape index (κ1) is 7.98. The van der Waals surface area contributed by atoms with E-state index >= 15 is 0 Å². The number of pyridine rings is 2. The van der Waals surface area contributed by atoms with Crippen LogP contribution in [0, 0.1) is 13.8 Å². The van der Waals surface area contributed by atoms with Gasteiger partial charge in [-0.25, -0.2) is 4.98 Å². The summed E-state index contributed by atoms with van der Waals surface area (Å²) in [5.74, 6) is 0. The van der Waals surface area contributed by atoms with Crippen LogP contribution in [0.4, 0.5) is 0 Å². The van der Waals surface area contributed by atoms with Crippen LogP contribution in [0.5, 0.6) is 0 Å². The molecular weight excluding hydrogens is 164 g/mol. The Hall–Kier alpha value is -1.64. The molecule has 0 aliphatic carbocycles. The highest BCUT2D eigenvalue weighted by Gasteiger charge is 2.02. The molecule has 3 nitrogen and oxygen atoms in total. The van der Waals surface area contributed by atoms with Crippen molar-refractivity contribution in [3.8, 4) is 0 Å². The number of aromatic nitrogens is 2. The van der Waals surface area contributed by atoms with Gasteiger partial charge >= 0.3 is 0 Å². The maximum absolute atomic E-state index is 11.5. The van der Waals surface area contributed by atoms with E-state index in [1.807, 2.05) is 19.9 Å². The van der Waals surface area contributed by atoms with Gasteiger partial charge in [-0.2, -0.15) is 0 Å². The first-order valence-corrected chi connectivity index (χ1v) is 4.14. The van der Waals surface area contributed by atoms with Crippen LogP contribution >= 0.6 is 0 Å². The van der Waals surface area contributed by atoms with E-state index in [-0.39, 0.29) is 5.43 Å². The highest BCUT2D eigenvalue weighted by atomic mass is 16.1. The Morgan fingerprint density at radius 2 is 2.15 bits per heavy atom. The van der Waals surface area contributed by atoms with Crippen LogP contribution in [0.25, 0.3) is 11.0 Å². The maximum atomic E-state index is 11.5. The minimum Gasteiger partial charge on any atom is -0.346 e. The van der Waals surface area contributed by atoms with Crippen LogP contribution in [0.1, 0.15) is 11.3 Å². The molecule has 0 spiro atoms. The second-order valence-electron chi connectivity index (χ2n) is 3.15. The van der Waals surface area contributed by atoms with Crippen LogP contribution in [0.3, 0.4) is 0 Å². The lowest BCUT2D eigenvalue weighted by Gasteiger charge is -2.01. The molecular formula is C10H10N2O. The fourth-order valence-electron chi connectivity index (χ4n) is 1.53. The first-order valence-electron chi connectivity index (χ1n) is 4.14. The fraction of sp³-hybridized carbons (Fsp3) is 0.200. The standard InChI is InChI=1S/C10H10N2O/c1-6-5-7(2)12-10-9(6)8(13)3-4-11-10/h3-5H,1-2H3,(H,11,12,13). The number of H-pyrrole nitrogens is 1. The Kier molecular flexibility index (Phi) is 1.65. The predicted octanol–water partition coefficient (Wildman–Crippen LogP) is 1.54. The lowest BCUT2D eigenvalue weighted by atomic mass is 10.1. The van der Waals surface area contributed by atoms with Crippen LogP contribution < -0.4 is 5.43 Å². The topological polar surface area (TPSA) is 45.8 Å². The second kappa shape index (κ2) is 2.69. The summed E-state index contributed by atoms with van der Waals surface area (Å²) in [5, 5.41) is 0.688. The van der Waals surface area contributed by atoms with Gasteiger partial charge in [0.05, 0.1) is 5.39 Å². The number of aryl methyl sites for hydroxylation is 2. The molecule has 66 valence electrons. The zero-order valence-electron chi connectivity index (χ0n) is 7.59. The minimum absolute atomic E-state index is 0.0266. The third kappa shape index (κ3) is 1.22. The molecule has 2 aromatic heterocycles. The molecule has 13 heavy (non-hydrogen) atoms. The van der Waals surface area contributed by atoms with E-state index in [1.54, 1.807) is 6.20 Å². The van der Waals surface area contributed by atoms with Crippen LogP contribution in [0.2, 0.25) is 0 Å². The Morgan fingerprint density at radius 3 is 2.92 bits per heavy atom. The van der Waals surface area contributed by atoms with E-state index in [0.29, 0.717) is 11.0 Å². The molecule has 0 amide bonds. The van der Waals surface area contributed by atoms with Gasteiger partial charge < -0.3 is 4.98 Å². The maximum Gasteiger partial charge on any atom is 0.191 e. The minimum atomic E-state index is 0.0266. The summed E-state index contributed by atoms with van der Waals surface area (Å²) in [6.07, 6.45) is 1.62. The molecule has 0 radical (unpaired) electrons. The number of aromatic amines is 1. The smallest absolute Gasteiger partial charge is 0.191 e. The number of nitrogens with one attached hydrogen (secondary N) is 1. The first-order chi connectivity index (χ1) is 6.18. The monoisotopic (exact) mass is 174 g/mol. The molecule has 0 saturated carbocycles. The van der Waals surface area contributed by atoms with Crippen molar-refractivity contribution in [2.24, 2.45) is 0 Å². The Balaban J connectivity index is 3.03. The average Bonchev–Trinajstić information content (AvgIpc) is 2.02. The molecule has 0 atom stereocenters. The largest absolute Gasteiger partial charge is 0.346 e. The molecule has 0 aliphatic rings. The van der Waals surface area contributed by atoms with E-state index in [4.69, 9.17) is 0 Å². The normalized spacial score (nSPS) is 10.6. The van der Waals surface area contributed by atoms with Crippen molar-refractivity contribution in [2.45, 2.75) is 13.8 Å². The van der Waals surface area contributed by atoms with Crippen molar-refractivity contribution in [3.63, 3.8) is 0 Å². The van der Waals surface area contributed by atoms with Gasteiger partial charge in [0.1, 0.15) is 5.65 Å². The summed E-state index contributed by atoms with van der Waals surface area (Å²) in [6.45, 7) is 3.84. The summed E-state index contributed by atoms with van der Waals surface area (Å²) in [5.41, 5.74) is 2.60. The van der Waals surface area contributed by atoms with Crippen LogP contribution in [-0.2, 0) is 0 Å². The molecule has 2 aromatic rings. The van der Waals surface area contributed by atoms with E-state index in [9.17, 15) is 4.79 Å². The fourth-order valence-corrected chi connectivity index (χ4v) is 1.53. The molecule has 0 fully saturated rings. The second-order valence-corrected chi connectivity index (χ2v) is 3.15. The van der Waals surface area contributed by atoms with Crippen molar-refractivity contribution in [1.29, 1.82) is 0 Å². The lowest BCUT2D eigenvalue weighted by Crippen LogP contribution is -2.04. The van der Waals surface area contributed by atoms with Gasteiger partial charge in [-0.1, -0.05) is 0 Å². The molecule has 2 rings (SSSR count). The summed E-state index contributed by atoms with van der Waals surface area (Å²) in [6, 6.07) is 3.43. The van der Waals surface area contributed by atoms with Gasteiger partial charge in [-0.15, -0.1) is 0 Å². The molecule has 0 aliphatic heterocycles. The van der Waals surface area contributed by atoms with Crippen molar-refractivity contribution in [3.05, 3.63) is 39.8 Å². The predicted molar refractivity (Wildman–Crippen MR) is 51.8 cm³/mol. The molecule has 3 heteroatoms. The summed E-state index contributed by atoms with van der Waals surface area (Å²) in [7, 11) is 0. The van der Waals surface area contributed by atoms with Gasteiger partial charge in [-0.05, 0) is 25.5 Å². The Morgan fingerprint density at radius 1 is 1.38 bits per heavy atom. The summed E-state index contributed by atoms with van der Waals surface area (Å²) in [4.78, 5) is 18.7. The average molecular weight is 174 g/mol. The van der Waals surface area contributed by atoms with E-state index < -0.39 is 0 Å². The third-order valence-electron chi connectivity index (χ3n) is 2.05. The van der Waals surface area contributed by atoms with Crippen molar-refractivity contribution in [1.82, 2.24) is 9.97 Å². The Labute approximate surface area is 75.4 Å². The molecule has 0 unspecified atom stereocenters. The molecule has 0 aromatic carbocycles. The van der Waals surface area contributed by atoms with E-state index in [2.05, 4.69) is 9.97 Å². The lowest BCUT2D eigenvalue weighted by molar-refractivity contribution is 1.18.